The molecule has 0 saturated carbocycles. The van der Waals surface area contributed by atoms with Gasteiger partial charge in [0, 0.05) is 41.0 Å². The van der Waals surface area contributed by atoms with Gasteiger partial charge in [0.25, 0.3) is 5.56 Å². The normalized spacial score (nSPS) is 11.9. The van der Waals surface area contributed by atoms with E-state index in [0.29, 0.717) is 30.9 Å². The molecule has 8 heteroatoms. The molecule has 8 nitrogen and oxygen atoms in total. The average Bonchev–Trinajstić information content (AvgIpc) is 3.08. The summed E-state index contributed by atoms with van der Waals surface area (Å²) in [6.07, 6.45) is 0.926. The summed E-state index contributed by atoms with van der Waals surface area (Å²) in [6, 6.07) is 5.89. The first-order valence-corrected chi connectivity index (χ1v) is 9.10. The lowest BCUT2D eigenvalue weighted by molar-refractivity contribution is 0.127. The molecule has 0 radical (unpaired) electrons. The Kier molecular flexibility index (Phi) is 6.20. The number of hydrogen-bond acceptors (Lipinski definition) is 6. The Morgan fingerprint density at radius 3 is 2.63 bits per heavy atom. The van der Waals surface area contributed by atoms with Crippen molar-refractivity contribution in [3.05, 3.63) is 39.9 Å². The summed E-state index contributed by atoms with van der Waals surface area (Å²) in [6.45, 7) is 5.61. The van der Waals surface area contributed by atoms with Crippen molar-refractivity contribution in [1.29, 1.82) is 0 Å². The molecule has 0 aliphatic carbocycles. The molecule has 1 aromatic carbocycles. The Hall–Kier alpha value is -2.29. The van der Waals surface area contributed by atoms with Gasteiger partial charge >= 0.3 is 0 Å². The molecule has 0 N–H and O–H groups in total. The van der Waals surface area contributed by atoms with Gasteiger partial charge in [0.15, 0.2) is 5.82 Å². The molecular weight excluding hydrogens is 346 g/mol. The van der Waals surface area contributed by atoms with Crippen molar-refractivity contribution < 1.29 is 9.47 Å². The Bertz CT molecular complexity index is 979. The number of benzene rings is 1. The SMILES string of the molecule is COCCCN(CCOC)Cc1nnc2n(C)c(=O)c3cc(C)ccc3n12. The van der Waals surface area contributed by atoms with Crippen LogP contribution in [0.25, 0.3) is 16.7 Å². The minimum absolute atomic E-state index is 0.0588. The highest BCUT2D eigenvalue weighted by Gasteiger charge is 2.17. The summed E-state index contributed by atoms with van der Waals surface area (Å²) in [5, 5.41) is 9.34. The molecule has 0 spiro atoms. The summed E-state index contributed by atoms with van der Waals surface area (Å²) >= 11 is 0. The molecule has 0 fully saturated rings. The molecule has 0 amide bonds. The number of hydrogen-bond donors (Lipinski definition) is 0. The number of methoxy groups -OCH3 is 2. The van der Waals surface area contributed by atoms with Crippen LogP contribution >= 0.6 is 0 Å². The second-order valence-corrected chi connectivity index (χ2v) is 6.75. The maximum atomic E-state index is 12.7. The Balaban J connectivity index is 2.03. The molecule has 0 atom stereocenters. The molecule has 146 valence electrons. The highest BCUT2D eigenvalue weighted by atomic mass is 16.5. The van der Waals surface area contributed by atoms with Crippen LogP contribution in [0.4, 0.5) is 0 Å². The van der Waals surface area contributed by atoms with Gasteiger partial charge in [0.1, 0.15) is 0 Å². The van der Waals surface area contributed by atoms with Crippen molar-refractivity contribution in [3.8, 4) is 0 Å². The molecule has 2 aromatic heterocycles. The molecule has 0 unspecified atom stereocenters. The fourth-order valence-corrected chi connectivity index (χ4v) is 3.28. The maximum absolute atomic E-state index is 12.7. The quantitative estimate of drug-likeness (QED) is 0.528. The summed E-state index contributed by atoms with van der Waals surface area (Å²) < 4.78 is 13.9. The molecule has 0 saturated heterocycles. The number of fused-ring (bicyclic) bond motifs is 3. The van der Waals surface area contributed by atoms with E-state index in [1.54, 1.807) is 25.8 Å². The first-order valence-electron chi connectivity index (χ1n) is 9.10. The minimum atomic E-state index is -0.0588. The zero-order valence-electron chi connectivity index (χ0n) is 16.4. The van der Waals surface area contributed by atoms with Gasteiger partial charge in [-0.1, -0.05) is 11.6 Å². The van der Waals surface area contributed by atoms with E-state index >= 15 is 0 Å². The van der Waals surface area contributed by atoms with E-state index in [0.717, 1.165) is 36.4 Å². The van der Waals surface area contributed by atoms with Gasteiger partial charge in [-0.05, 0) is 25.5 Å². The monoisotopic (exact) mass is 373 g/mol. The molecule has 0 aliphatic heterocycles. The smallest absolute Gasteiger partial charge is 0.262 e. The fraction of sp³-hybridized carbons (Fsp3) is 0.526. The molecule has 3 aromatic rings. The number of rotatable bonds is 9. The van der Waals surface area contributed by atoms with Crippen molar-refractivity contribution in [2.45, 2.75) is 19.9 Å². The zero-order chi connectivity index (χ0) is 19.4. The van der Waals surface area contributed by atoms with Gasteiger partial charge in [-0.15, -0.1) is 10.2 Å². The van der Waals surface area contributed by atoms with Crippen molar-refractivity contribution in [2.75, 3.05) is 40.5 Å². The van der Waals surface area contributed by atoms with Crippen LogP contribution in [-0.4, -0.2) is 64.6 Å². The van der Waals surface area contributed by atoms with E-state index in [9.17, 15) is 4.79 Å². The summed E-state index contributed by atoms with van der Waals surface area (Å²) in [7, 11) is 5.14. The van der Waals surface area contributed by atoms with Crippen LogP contribution in [0.2, 0.25) is 0 Å². The zero-order valence-corrected chi connectivity index (χ0v) is 16.4. The predicted octanol–water partition coefficient (Wildman–Crippen LogP) is 1.37. The van der Waals surface area contributed by atoms with Gasteiger partial charge in [-0.25, -0.2) is 0 Å². The minimum Gasteiger partial charge on any atom is -0.385 e. The van der Waals surface area contributed by atoms with Gasteiger partial charge in [0.05, 0.1) is 24.1 Å². The van der Waals surface area contributed by atoms with Gasteiger partial charge < -0.3 is 9.47 Å². The van der Waals surface area contributed by atoms with Crippen molar-refractivity contribution >= 4 is 16.7 Å². The highest BCUT2D eigenvalue weighted by Crippen LogP contribution is 2.17. The molecular formula is C19H27N5O3. The topological polar surface area (TPSA) is 73.9 Å². The Morgan fingerprint density at radius 1 is 1.11 bits per heavy atom. The summed E-state index contributed by atoms with van der Waals surface area (Å²) in [5.41, 5.74) is 1.83. The van der Waals surface area contributed by atoms with Crippen LogP contribution in [0.5, 0.6) is 0 Å². The lowest BCUT2D eigenvalue weighted by Crippen LogP contribution is -2.30. The van der Waals surface area contributed by atoms with E-state index in [1.165, 1.54) is 0 Å². The molecule has 2 heterocycles. The lowest BCUT2D eigenvalue weighted by atomic mass is 10.1. The summed E-state index contributed by atoms with van der Waals surface area (Å²) in [4.78, 5) is 15.0. The molecule has 0 aliphatic rings. The average molecular weight is 373 g/mol. The van der Waals surface area contributed by atoms with E-state index in [2.05, 4.69) is 15.1 Å². The summed E-state index contributed by atoms with van der Waals surface area (Å²) in [5.74, 6) is 1.36. The van der Waals surface area contributed by atoms with Crippen LogP contribution in [0.1, 0.15) is 17.8 Å². The number of aryl methyl sites for hydroxylation is 2. The van der Waals surface area contributed by atoms with Gasteiger partial charge in [0.2, 0.25) is 5.78 Å². The van der Waals surface area contributed by atoms with Crippen LogP contribution in [0, 0.1) is 6.92 Å². The van der Waals surface area contributed by atoms with E-state index in [1.807, 2.05) is 29.5 Å². The lowest BCUT2D eigenvalue weighted by Gasteiger charge is -2.21. The number of nitrogens with zero attached hydrogens (tertiary/aromatic N) is 5. The second-order valence-electron chi connectivity index (χ2n) is 6.75. The molecule has 27 heavy (non-hydrogen) atoms. The maximum Gasteiger partial charge on any atom is 0.262 e. The Labute approximate surface area is 158 Å². The van der Waals surface area contributed by atoms with Gasteiger partial charge in [-0.2, -0.15) is 0 Å². The largest absolute Gasteiger partial charge is 0.385 e. The third kappa shape index (κ3) is 4.02. The Morgan fingerprint density at radius 2 is 1.89 bits per heavy atom. The first kappa shape index (κ1) is 19.5. The predicted molar refractivity (Wildman–Crippen MR) is 104 cm³/mol. The van der Waals surface area contributed by atoms with Crippen molar-refractivity contribution in [2.24, 2.45) is 7.05 Å². The molecule has 0 bridgehead atoms. The van der Waals surface area contributed by atoms with Crippen LogP contribution in [0.3, 0.4) is 0 Å². The van der Waals surface area contributed by atoms with Crippen LogP contribution in [-0.2, 0) is 23.1 Å². The van der Waals surface area contributed by atoms with Crippen LogP contribution in [0.15, 0.2) is 23.0 Å². The molecule has 3 rings (SSSR count). The highest BCUT2D eigenvalue weighted by molar-refractivity contribution is 5.81. The van der Waals surface area contributed by atoms with E-state index in [-0.39, 0.29) is 5.56 Å². The van der Waals surface area contributed by atoms with Crippen LogP contribution < -0.4 is 5.56 Å². The van der Waals surface area contributed by atoms with E-state index in [4.69, 9.17) is 9.47 Å². The first-order chi connectivity index (χ1) is 13.1. The third-order valence-corrected chi connectivity index (χ3v) is 4.74. The fourth-order valence-electron chi connectivity index (χ4n) is 3.28. The standard InChI is InChI=1S/C19H27N5O3/c1-14-6-7-16-15(12-14)18(25)22(2)19-21-20-17(24(16)19)13-23(9-11-27-4)8-5-10-26-3/h6-7,12H,5,8-11,13H2,1-4H3. The number of aromatic nitrogens is 4. The number of ether oxygens (including phenoxy) is 2. The van der Waals surface area contributed by atoms with Gasteiger partial charge in [-0.3, -0.25) is 18.7 Å². The van der Waals surface area contributed by atoms with Crippen molar-refractivity contribution in [3.63, 3.8) is 0 Å². The van der Waals surface area contributed by atoms with E-state index < -0.39 is 0 Å². The third-order valence-electron chi connectivity index (χ3n) is 4.74. The van der Waals surface area contributed by atoms with Crippen molar-refractivity contribution in [1.82, 2.24) is 24.1 Å². The second kappa shape index (κ2) is 8.60.